The summed E-state index contributed by atoms with van der Waals surface area (Å²) in [6.07, 6.45) is 5.14. The number of hydrogen-bond acceptors (Lipinski definition) is 6. The molecular formula is C21H17N3O2S2. The van der Waals surface area contributed by atoms with Gasteiger partial charge in [0.15, 0.2) is 5.13 Å². The molecule has 3 aromatic heterocycles. The molecule has 0 radical (unpaired) electrons. The fourth-order valence-electron chi connectivity index (χ4n) is 2.66. The molecule has 0 bridgehead atoms. The van der Waals surface area contributed by atoms with Crippen LogP contribution in [0.3, 0.4) is 0 Å². The Morgan fingerprint density at radius 3 is 2.89 bits per heavy atom. The number of carbonyl (C=O) groups is 1. The first-order valence-corrected chi connectivity index (χ1v) is 10.3. The number of thiophene rings is 1. The summed E-state index contributed by atoms with van der Waals surface area (Å²) < 4.78 is 6.28. The average molecular weight is 408 g/mol. The molecule has 0 unspecified atom stereocenters. The summed E-state index contributed by atoms with van der Waals surface area (Å²) in [5.41, 5.74) is 1.61. The summed E-state index contributed by atoms with van der Waals surface area (Å²) in [6, 6.07) is 15.3. The lowest BCUT2D eigenvalue weighted by molar-refractivity contribution is -0.114. The zero-order valence-corrected chi connectivity index (χ0v) is 16.7. The van der Waals surface area contributed by atoms with Crippen LogP contribution in [0.15, 0.2) is 66.2 Å². The van der Waals surface area contributed by atoms with Crippen molar-refractivity contribution in [2.75, 3.05) is 12.0 Å². The number of pyridine rings is 1. The van der Waals surface area contributed by atoms with Crippen LogP contribution in [0.5, 0.6) is 5.75 Å². The molecule has 140 valence electrons. The third-order valence-corrected chi connectivity index (χ3v) is 5.96. The van der Waals surface area contributed by atoms with Gasteiger partial charge in [0.25, 0.3) is 5.91 Å². The van der Waals surface area contributed by atoms with Gasteiger partial charge in [-0.2, -0.15) is 0 Å². The summed E-state index contributed by atoms with van der Waals surface area (Å²) in [5, 5.41) is 2.62. The predicted molar refractivity (Wildman–Crippen MR) is 115 cm³/mol. The number of ether oxygens (including phenoxy) is 1. The van der Waals surface area contributed by atoms with Crippen molar-refractivity contribution in [1.29, 1.82) is 0 Å². The first-order chi connectivity index (χ1) is 13.7. The van der Waals surface area contributed by atoms with Crippen LogP contribution in [0.2, 0.25) is 0 Å². The number of nitrogens with zero attached hydrogens (tertiary/aromatic N) is 3. The summed E-state index contributed by atoms with van der Waals surface area (Å²) in [7, 11) is 1.63. The second-order valence-electron chi connectivity index (χ2n) is 5.92. The first kappa shape index (κ1) is 18.3. The molecule has 0 aliphatic carbocycles. The van der Waals surface area contributed by atoms with Crippen molar-refractivity contribution < 1.29 is 9.53 Å². The third kappa shape index (κ3) is 4.11. The molecule has 5 nitrogen and oxygen atoms in total. The fourth-order valence-corrected chi connectivity index (χ4v) is 4.23. The molecule has 0 fully saturated rings. The molecule has 1 amide bonds. The number of hydrogen-bond donors (Lipinski definition) is 0. The van der Waals surface area contributed by atoms with E-state index < -0.39 is 0 Å². The molecule has 7 heteroatoms. The van der Waals surface area contributed by atoms with Crippen LogP contribution in [-0.4, -0.2) is 23.0 Å². The van der Waals surface area contributed by atoms with E-state index in [0.29, 0.717) is 11.7 Å². The SMILES string of the molecule is COc1ccc2sc(N(Cc3ccccn3)C(=O)/C=C/c3cccs3)nc2c1. The van der Waals surface area contributed by atoms with Crippen LogP contribution in [0, 0.1) is 0 Å². The van der Waals surface area contributed by atoms with Crippen LogP contribution in [-0.2, 0) is 11.3 Å². The quantitative estimate of drug-likeness (QED) is 0.422. The van der Waals surface area contributed by atoms with Gasteiger partial charge >= 0.3 is 0 Å². The Bertz CT molecular complexity index is 1110. The summed E-state index contributed by atoms with van der Waals surface area (Å²) in [6.45, 7) is 0.353. The third-order valence-electron chi connectivity index (χ3n) is 4.06. The zero-order chi connectivity index (χ0) is 19.3. The van der Waals surface area contributed by atoms with E-state index in [1.54, 1.807) is 35.6 Å². The van der Waals surface area contributed by atoms with Crippen LogP contribution >= 0.6 is 22.7 Å². The minimum Gasteiger partial charge on any atom is -0.497 e. The fraction of sp³-hybridized carbons (Fsp3) is 0.0952. The molecule has 4 aromatic rings. The molecular weight excluding hydrogens is 390 g/mol. The number of anilines is 1. The number of fused-ring (bicyclic) bond motifs is 1. The normalized spacial score (nSPS) is 11.2. The zero-order valence-electron chi connectivity index (χ0n) is 15.1. The Morgan fingerprint density at radius 2 is 2.14 bits per heavy atom. The number of carbonyl (C=O) groups excluding carboxylic acids is 1. The molecule has 0 aliphatic heterocycles. The van der Waals surface area contributed by atoms with Gasteiger partial charge in [-0.3, -0.25) is 14.7 Å². The van der Waals surface area contributed by atoms with E-state index in [4.69, 9.17) is 4.74 Å². The van der Waals surface area contributed by atoms with Crippen molar-refractivity contribution >= 4 is 50.0 Å². The number of rotatable bonds is 6. The molecule has 0 aliphatic rings. The second-order valence-corrected chi connectivity index (χ2v) is 7.91. The lowest BCUT2D eigenvalue weighted by Crippen LogP contribution is -2.28. The number of benzene rings is 1. The summed E-state index contributed by atoms with van der Waals surface area (Å²) >= 11 is 3.06. The molecule has 1 aromatic carbocycles. The molecule has 0 spiro atoms. The second kappa shape index (κ2) is 8.33. The van der Waals surface area contributed by atoms with Crippen LogP contribution < -0.4 is 9.64 Å². The van der Waals surface area contributed by atoms with Crippen molar-refractivity contribution in [3.63, 3.8) is 0 Å². The average Bonchev–Trinajstić information content (AvgIpc) is 3.39. The van der Waals surface area contributed by atoms with Crippen molar-refractivity contribution in [1.82, 2.24) is 9.97 Å². The Labute approximate surface area is 170 Å². The van der Waals surface area contributed by atoms with E-state index in [1.807, 2.05) is 60.0 Å². The molecule has 4 rings (SSSR count). The highest BCUT2D eigenvalue weighted by atomic mass is 32.1. The van der Waals surface area contributed by atoms with E-state index in [0.717, 1.165) is 26.5 Å². The van der Waals surface area contributed by atoms with Crippen molar-refractivity contribution in [2.45, 2.75) is 6.54 Å². The van der Waals surface area contributed by atoms with Gasteiger partial charge < -0.3 is 4.74 Å². The van der Waals surface area contributed by atoms with E-state index in [2.05, 4.69) is 9.97 Å². The molecule has 0 saturated heterocycles. The lowest BCUT2D eigenvalue weighted by atomic mass is 10.3. The molecule has 0 saturated carbocycles. The predicted octanol–water partition coefficient (Wildman–Crippen LogP) is 5.01. The van der Waals surface area contributed by atoms with E-state index in [1.165, 1.54) is 11.3 Å². The Kier molecular flexibility index (Phi) is 5.45. The minimum absolute atomic E-state index is 0.134. The topological polar surface area (TPSA) is 55.3 Å². The van der Waals surface area contributed by atoms with Gasteiger partial charge in [-0.05, 0) is 41.8 Å². The summed E-state index contributed by atoms with van der Waals surface area (Å²) in [5.74, 6) is 0.606. The van der Waals surface area contributed by atoms with Crippen molar-refractivity contribution in [2.24, 2.45) is 0 Å². The van der Waals surface area contributed by atoms with E-state index >= 15 is 0 Å². The van der Waals surface area contributed by atoms with Gasteiger partial charge in [-0.25, -0.2) is 4.98 Å². The lowest BCUT2D eigenvalue weighted by Gasteiger charge is -2.17. The first-order valence-electron chi connectivity index (χ1n) is 8.60. The highest BCUT2D eigenvalue weighted by Crippen LogP contribution is 2.32. The van der Waals surface area contributed by atoms with Gasteiger partial charge in [0.2, 0.25) is 0 Å². The van der Waals surface area contributed by atoms with E-state index in [-0.39, 0.29) is 5.91 Å². The number of amides is 1. The van der Waals surface area contributed by atoms with Crippen molar-refractivity contribution in [3.8, 4) is 5.75 Å². The molecule has 3 heterocycles. The Balaban J connectivity index is 1.68. The highest BCUT2D eigenvalue weighted by Gasteiger charge is 2.19. The van der Waals surface area contributed by atoms with Gasteiger partial charge in [-0.15, -0.1) is 11.3 Å². The number of thiazole rings is 1. The minimum atomic E-state index is -0.134. The van der Waals surface area contributed by atoms with Gasteiger partial charge in [0.05, 0.1) is 29.6 Å². The van der Waals surface area contributed by atoms with Gasteiger partial charge in [0, 0.05) is 23.2 Å². The maximum atomic E-state index is 13.0. The van der Waals surface area contributed by atoms with Crippen LogP contribution in [0.25, 0.3) is 16.3 Å². The standard InChI is InChI=1S/C21H17N3O2S2/c1-26-16-7-9-19-18(13-16)23-21(28-19)24(14-15-5-2-3-11-22-15)20(25)10-8-17-6-4-12-27-17/h2-13H,14H2,1H3/b10-8+. The van der Waals surface area contributed by atoms with Crippen molar-refractivity contribution in [3.05, 3.63) is 76.8 Å². The maximum absolute atomic E-state index is 13.0. The number of aromatic nitrogens is 2. The Morgan fingerprint density at radius 1 is 1.21 bits per heavy atom. The molecule has 0 N–H and O–H groups in total. The van der Waals surface area contributed by atoms with Crippen LogP contribution in [0.1, 0.15) is 10.6 Å². The number of methoxy groups -OCH3 is 1. The summed E-state index contributed by atoms with van der Waals surface area (Å²) in [4.78, 5) is 24.7. The highest BCUT2D eigenvalue weighted by molar-refractivity contribution is 7.22. The van der Waals surface area contributed by atoms with Gasteiger partial charge in [0.1, 0.15) is 5.75 Å². The monoisotopic (exact) mass is 407 g/mol. The maximum Gasteiger partial charge on any atom is 0.253 e. The smallest absolute Gasteiger partial charge is 0.253 e. The Hall–Kier alpha value is -3.03. The van der Waals surface area contributed by atoms with Gasteiger partial charge in [-0.1, -0.05) is 23.5 Å². The molecule has 0 atom stereocenters. The van der Waals surface area contributed by atoms with E-state index in [9.17, 15) is 4.79 Å². The molecule has 28 heavy (non-hydrogen) atoms. The van der Waals surface area contributed by atoms with Crippen LogP contribution in [0.4, 0.5) is 5.13 Å². The largest absolute Gasteiger partial charge is 0.497 e.